The summed E-state index contributed by atoms with van der Waals surface area (Å²) in [4.78, 5) is 31.7. The predicted octanol–water partition coefficient (Wildman–Crippen LogP) is 7.30. The van der Waals surface area contributed by atoms with Gasteiger partial charge in [-0.3, -0.25) is 0 Å². The molecule has 228 valence electrons. The maximum Gasteiger partial charge on any atom is 0.410 e. The topological polar surface area (TPSA) is 98.1 Å². The van der Waals surface area contributed by atoms with E-state index in [0.717, 1.165) is 36.7 Å². The smallest absolute Gasteiger partial charge is 0.410 e. The van der Waals surface area contributed by atoms with Crippen LogP contribution >= 0.6 is 0 Å². The van der Waals surface area contributed by atoms with Crippen molar-refractivity contribution >= 4 is 28.9 Å². The van der Waals surface area contributed by atoms with Crippen LogP contribution in [-0.4, -0.2) is 54.2 Å². The van der Waals surface area contributed by atoms with Gasteiger partial charge < -0.3 is 19.5 Å². The molecule has 0 spiro atoms. The SMILES string of the molecule is Cc1nc(Nc2ncc(F)c(-c3cc(F)c4nc(C)n(C(C)C)c4c3)n2)ccc1CC1CCN(C(=O)OC(C)(C)C)CC1. The predicted molar refractivity (Wildman–Crippen MR) is 162 cm³/mol. The number of anilines is 2. The zero-order chi connectivity index (χ0) is 31.1. The lowest BCUT2D eigenvalue weighted by Gasteiger charge is -2.33. The van der Waals surface area contributed by atoms with E-state index < -0.39 is 17.2 Å². The van der Waals surface area contributed by atoms with Crippen molar-refractivity contribution in [2.75, 3.05) is 18.4 Å². The number of imidazole rings is 1. The number of fused-ring (bicyclic) bond motifs is 1. The number of amides is 1. The Hall–Kier alpha value is -4.15. The highest BCUT2D eigenvalue weighted by atomic mass is 19.1. The first-order valence-corrected chi connectivity index (χ1v) is 14.7. The highest BCUT2D eigenvalue weighted by Gasteiger charge is 2.27. The summed E-state index contributed by atoms with van der Waals surface area (Å²) in [6, 6.07) is 6.88. The van der Waals surface area contributed by atoms with Gasteiger partial charge in [0, 0.05) is 30.4 Å². The van der Waals surface area contributed by atoms with Gasteiger partial charge >= 0.3 is 6.09 Å². The van der Waals surface area contributed by atoms with Gasteiger partial charge in [0.05, 0.1) is 11.7 Å². The summed E-state index contributed by atoms with van der Waals surface area (Å²) in [6.45, 7) is 14.7. The van der Waals surface area contributed by atoms with Gasteiger partial charge in [-0.25, -0.2) is 33.5 Å². The van der Waals surface area contributed by atoms with Crippen molar-refractivity contribution in [2.45, 2.75) is 79.4 Å². The number of rotatable bonds is 6. The number of nitrogens with zero attached hydrogens (tertiary/aromatic N) is 6. The Morgan fingerprint density at radius 2 is 1.79 bits per heavy atom. The van der Waals surface area contributed by atoms with Crippen LogP contribution in [0.4, 0.5) is 25.3 Å². The van der Waals surface area contributed by atoms with Gasteiger partial charge in [0.25, 0.3) is 0 Å². The maximum absolute atomic E-state index is 15.0. The fourth-order valence-electron chi connectivity index (χ4n) is 5.63. The number of benzene rings is 1. The monoisotopic (exact) mass is 591 g/mol. The molecule has 0 bridgehead atoms. The van der Waals surface area contributed by atoms with E-state index in [2.05, 4.69) is 20.3 Å². The minimum absolute atomic E-state index is 0.0153. The van der Waals surface area contributed by atoms with Gasteiger partial charge in [0.2, 0.25) is 5.95 Å². The number of piperidine rings is 1. The normalized spacial score (nSPS) is 14.5. The Morgan fingerprint density at radius 3 is 2.44 bits per heavy atom. The molecule has 1 aliphatic heterocycles. The first kappa shape index (κ1) is 30.3. The molecular weight excluding hydrogens is 552 g/mol. The molecule has 0 saturated carbocycles. The molecule has 0 aliphatic carbocycles. The van der Waals surface area contributed by atoms with E-state index in [1.54, 1.807) is 11.0 Å². The summed E-state index contributed by atoms with van der Waals surface area (Å²) in [5.41, 5.74) is 2.60. The first-order chi connectivity index (χ1) is 20.3. The van der Waals surface area contributed by atoms with Gasteiger partial charge in [-0.15, -0.1) is 0 Å². The summed E-state index contributed by atoms with van der Waals surface area (Å²) in [5, 5.41) is 3.07. The number of carbonyl (C=O) groups is 1. The van der Waals surface area contributed by atoms with Crippen LogP contribution < -0.4 is 5.32 Å². The minimum Gasteiger partial charge on any atom is -0.444 e. The van der Waals surface area contributed by atoms with Crippen molar-refractivity contribution in [3.63, 3.8) is 0 Å². The second-order valence-electron chi connectivity index (χ2n) is 12.5. The number of carbonyl (C=O) groups excluding carboxylic acids is 1. The summed E-state index contributed by atoms with van der Waals surface area (Å²) in [7, 11) is 0. The lowest BCUT2D eigenvalue weighted by molar-refractivity contribution is 0.0184. The molecule has 4 heterocycles. The molecule has 3 aromatic heterocycles. The zero-order valence-electron chi connectivity index (χ0n) is 25.8. The first-order valence-electron chi connectivity index (χ1n) is 14.7. The number of pyridine rings is 1. The third-order valence-corrected chi connectivity index (χ3v) is 7.67. The van der Waals surface area contributed by atoms with Crippen LogP contribution in [0, 0.1) is 31.4 Å². The van der Waals surface area contributed by atoms with E-state index >= 15 is 4.39 Å². The van der Waals surface area contributed by atoms with Gasteiger partial charge in [-0.05, 0) is 97.4 Å². The van der Waals surface area contributed by atoms with Crippen molar-refractivity contribution < 1.29 is 18.3 Å². The summed E-state index contributed by atoms with van der Waals surface area (Å²) in [5.74, 6) is 0.602. The largest absolute Gasteiger partial charge is 0.444 e. The molecule has 0 radical (unpaired) electrons. The van der Waals surface area contributed by atoms with E-state index in [-0.39, 0.29) is 29.3 Å². The second kappa shape index (κ2) is 11.9. The fourth-order valence-corrected chi connectivity index (χ4v) is 5.63. The van der Waals surface area contributed by atoms with Crippen molar-refractivity contribution in [1.29, 1.82) is 0 Å². The number of aromatic nitrogens is 5. The van der Waals surface area contributed by atoms with Crippen molar-refractivity contribution in [2.24, 2.45) is 5.92 Å². The average Bonchev–Trinajstić information content (AvgIpc) is 3.27. The van der Waals surface area contributed by atoms with Gasteiger partial charge in [0.1, 0.15) is 28.5 Å². The standard InChI is InChI=1S/C32H39F2N7O2/c1-18(2)41-20(4)37-29-24(33)15-23(16-26(29)41)28-25(34)17-35-30(39-28)38-27-9-8-22(19(3)36-27)14-21-10-12-40(13-11-21)31(42)43-32(5,6)7/h8-9,15-18,21H,10-14H2,1-7H3,(H,35,36,38,39). The van der Waals surface area contributed by atoms with Crippen LogP contribution in [-0.2, 0) is 11.2 Å². The van der Waals surface area contributed by atoms with E-state index in [0.29, 0.717) is 41.7 Å². The summed E-state index contributed by atoms with van der Waals surface area (Å²) in [6.07, 6.45) is 3.47. The van der Waals surface area contributed by atoms with Crippen molar-refractivity contribution in [3.8, 4) is 11.3 Å². The zero-order valence-corrected chi connectivity index (χ0v) is 25.8. The fraction of sp³-hybridized carbons (Fsp3) is 0.469. The summed E-state index contributed by atoms with van der Waals surface area (Å²) < 4.78 is 37.4. The molecule has 1 N–H and O–H groups in total. The van der Waals surface area contributed by atoms with E-state index in [4.69, 9.17) is 9.72 Å². The molecular formula is C32H39F2N7O2. The molecule has 5 rings (SSSR count). The Kier molecular flexibility index (Phi) is 8.36. The van der Waals surface area contributed by atoms with E-state index in [9.17, 15) is 9.18 Å². The van der Waals surface area contributed by atoms with Crippen LogP contribution in [0.1, 0.15) is 70.6 Å². The summed E-state index contributed by atoms with van der Waals surface area (Å²) >= 11 is 0. The van der Waals surface area contributed by atoms with Gasteiger partial charge in [-0.2, -0.15) is 0 Å². The highest BCUT2D eigenvalue weighted by Crippen LogP contribution is 2.31. The molecule has 9 nitrogen and oxygen atoms in total. The number of hydrogen-bond acceptors (Lipinski definition) is 7. The molecule has 0 atom stereocenters. The molecule has 0 unspecified atom stereocenters. The van der Waals surface area contributed by atoms with Crippen LogP contribution in [0.2, 0.25) is 0 Å². The third-order valence-electron chi connectivity index (χ3n) is 7.67. The molecule has 1 fully saturated rings. The molecule has 1 saturated heterocycles. The van der Waals surface area contributed by atoms with Crippen LogP contribution in [0.3, 0.4) is 0 Å². The number of ether oxygens (including phenoxy) is 1. The Labute approximate surface area is 250 Å². The maximum atomic E-state index is 15.0. The molecule has 1 amide bonds. The van der Waals surface area contributed by atoms with Crippen LogP contribution in [0.5, 0.6) is 0 Å². The van der Waals surface area contributed by atoms with E-state index in [1.807, 2.05) is 65.2 Å². The number of likely N-dealkylation sites (tertiary alicyclic amines) is 1. The minimum atomic E-state index is -0.658. The molecule has 1 aromatic carbocycles. The van der Waals surface area contributed by atoms with Crippen LogP contribution in [0.15, 0.2) is 30.5 Å². The number of aryl methyl sites for hydroxylation is 2. The lowest BCUT2D eigenvalue weighted by atomic mass is 9.90. The van der Waals surface area contributed by atoms with Crippen LogP contribution in [0.25, 0.3) is 22.3 Å². The molecule has 4 aromatic rings. The van der Waals surface area contributed by atoms with Gasteiger partial charge in [-0.1, -0.05) is 6.07 Å². The third kappa shape index (κ3) is 6.76. The molecule has 43 heavy (non-hydrogen) atoms. The quantitative estimate of drug-likeness (QED) is 0.251. The van der Waals surface area contributed by atoms with Crippen molar-refractivity contribution in [1.82, 2.24) is 29.4 Å². The number of nitrogens with one attached hydrogen (secondary N) is 1. The Morgan fingerprint density at radius 1 is 1.07 bits per heavy atom. The average molecular weight is 592 g/mol. The highest BCUT2D eigenvalue weighted by molar-refractivity contribution is 5.83. The van der Waals surface area contributed by atoms with Gasteiger partial charge in [0.15, 0.2) is 11.6 Å². The molecule has 1 aliphatic rings. The Bertz CT molecular complexity index is 1650. The molecule has 11 heteroatoms. The Balaban J connectivity index is 1.28. The number of hydrogen-bond donors (Lipinski definition) is 1. The van der Waals surface area contributed by atoms with Crippen molar-refractivity contribution in [3.05, 3.63) is 59.2 Å². The second-order valence-corrected chi connectivity index (χ2v) is 12.5. The lowest BCUT2D eigenvalue weighted by Crippen LogP contribution is -2.42. The van der Waals surface area contributed by atoms with E-state index in [1.165, 1.54) is 6.07 Å². The number of halogens is 2.